The molecule has 2 aromatic rings. The molecule has 0 aliphatic heterocycles. The molecule has 106 valence electrons. The summed E-state index contributed by atoms with van der Waals surface area (Å²) >= 11 is 3.30. The highest BCUT2D eigenvalue weighted by molar-refractivity contribution is 9.10. The molecule has 2 rings (SSSR count). The number of amides is 1. The van der Waals surface area contributed by atoms with Gasteiger partial charge < -0.3 is 9.84 Å². The van der Waals surface area contributed by atoms with Crippen LogP contribution < -0.4 is 5.32 Å². The molecule has 0 radical (unpaired) electrons. The normalized spacial score (nSPS) is 11.4. The molecule has 2 heterocycles. The summed E-state index contributed by atoms with van der Waals surface area (Å²) in [5, 5.41) is 6.55. The lowest BCUT2D eigenvalue weighted by Gasteiger charge is -2.12. The van der Waals surface area contributed by atoms with E-state index < -0.39 is 0 Å². The van der Waals surface area contributed by atoms with Crippen molar-refractivity contribution in [2.24, 2.45) is 0 Å². The molecule has 0 aromatic carbocycles. The molecule has 0 spiro atoms. The van der Waals surface area contributed by atoms with Crippen LogP contribution in [0.2, 0.25) is 0 Å². The summed E-state index contributed by atoms with van der Waals surface area (Å²) in [5.41, 5.74) is 0.564. The quantitative estimate of drug-likeness (QED) is 0.932. The lowest BCUT2D eigenvalue weighted by atomic mass is 9.93. The number of pyridine rings is 1. The third-order valence-electron chi connectivity index (χ3n) is 2.65. The van der Waals surface area contributed by atoms with Crippen molar-refractivity contribution in [2.45, 2.75) is 32.6 Å². The average Bonchev–Trinajstić information content (AvgIpc) is 2.80. The molecule has 0 bridgehead atoms. The van der Waals surface area contributed by atoms with Gasteiger partial charge in [-0.1, -0.05) is 25.9 Å². The average molecular weight is 338 g/mol. The van der Waals surface area contributed by atoms with Gasteiger partial charge in [0.2, 0.25) is 5.91 Å². The Labute approximate surface area is 125 Å². The van der Waals surface area contributed by atoms with Gasteiger partial charge >= 0.3 is 0 Å². The van der Waals surface area contributed by atoms with E-state index in [9.17, 15) is 4.79 Å². The first-order valence-electron chi connectivity index (χ1n) is 6.22. The highest BCUT2D eigenvalue weighted by Crippen LogP contribution is 2.24. The van der Waals surface area contributed by atoms with Crippen LogP contribution in [0.1, 0.15) is 32.2 Å². The summed E-state index contributed by atoms with van der Waals surface area (Å²) in [6.07, 6.45) is 1.86. The van der Waals surface area contributed by atoms with Crippen molar-refractivity contribution in [2.75, 3.05) is 5.32 Å². The third-order valence-corrected chi connectivity index (χ3v) is 3.12. The monoisotopic (exact) mass is 337 g/mol. The smallest absolute Gasteiger partial charge is 0.231 e. The Morgan fingerprint density at radius 1 is 1.40 bits per heavy atom. The molecule has 5 nitrogen and oxygen atoms in total. The zero-order valence-corrected chi connectivity index (χ0v) is 13.2. The maximum atomic E-state index is 11.9. The van der Waals surface area contributed by atoms with Gasteiger partial charge in [-0.3, -0.25) is 9.78 Å². The zero-order chi connectivity index (χ0) is 14.8. The Kier molecular flexibility index (Phi) is 4.23. The van der Waals surface area contributed by atoms with Crippen molar-refractivity contribution >= 4 is 27.7 Å². The molecule has 0 unspecified atom stereocenters. The Morgan fingerprint density at radius 3 is 2.70 bits per heavy atom. The largest absolute Gasteiger partial charge is 0.359 e. The Bertz CT molecular complexity index is 600. The van der Waals surface area contributed by atoms with E-state index in [-0.39, 0.29) is 17.7 Å². The second kappa shape index (κ2) is 5.75. The van der Waals surface area contributed by atoms with Crippen LogP contribution in [0.25, 0.3) is 0 Å². The topological polar surface area (TPSA) is 68.0 Å². The third kappa shape index (κ3) is 3.90. The predicted molar refractivity (Wildman–Crippen MR) is 79.5 cm³/mol. The van der Waals surface area contributed by atoms with Gasteiger partial charge in [0.25, 0.3) is 0 Å². The number of hydrogen-bond acceptors (Lipinski definition) is 4. The summed E-state index contributed by atoms with van der Waals surface area (Å²) in [7, 11) is 0. The molecule has 0 fully saturated rings. The van der Waals surface area contributed by atoms with E-state index in [1.54, 1.807) is 18.3 Å². The second-order valence-electron chi connectivity index (χ2n) is 5.52. The number of anilines is 1. The number of halogens is 1. The van der Waals surface area contributed by atoms with Crippen LogP contribution in [0.3, 0.4) is 0 Å². The molecule has 0 aliphatic carbocycles. The standard InChI is InChI=1S/C14H16BrN3O2/c1-14(2,3)11-7-12(18-20-11)17-13(19)6-10-5-4-9(15)8-16-10/h4-5,7-8H,6H2,1-3H3,(H,17,18,19). The van der Waals surface area contributed by atoms with Crippen molar-refractivity contribution in [1.82, 2.24) is 10.1 Å². The van der Waals surface area contributed by atoms with Crippen molar-refractivity contribution in [3.8, 4) is 0 Å². The van der Waals surface area contributed by atoms with Crippen LogP contribution in [-0.4, -0.2) is 16.0 Å². The van der Waals surface area contributed by atoms with Crippen LogP contribution >= 0.6 is 15.9 Å². The van der Waals surface area contributed by atoms with Gasteiger partial charge in [-0.05, 0) is 28.1 Å². The number of carbonyl (C=O) groups is 1. The number of rotatable bonds is 3. The van der Waals surface area contributed by atoms with Gasteiger partial charge in [0.05, 0.1) is 6.42 Å². The van der Waals surface area contributed by atoms with Gasteiger partial charge in [-0.25, -0.2) is 0 Å². The van der Waals surface area contributed by atoms with Gasteiger partial charge in [0, 0.05) is 27.8 Å². The second-order valence-corrected chi connectivity index (χ2v) is 6.43. The van der Waals surface area contributed by atoms with Gasteiger partial charge in [0.15, 0.2) is 5.82 Å². The van der Waals surface area contributed by atoms with Crippen molar-refractivity contribution in [1.29, 1.82) is 0 Å². The number of nitrogens with zero attached hydrogens (tertiary/aromatic N) is 2. The van der Waals surface area contributed by atoms with Crippen molar-refractivity contribution in [3.63, 3.8) is 0 Å². The molecule has 0 saturated heterocycles. The fraction of sp³-hybridized carbons (Fsp3) is 0.357. The first-order valence-corrected chi connectivity index (χ1v) is 7.01. The summed E-state index contributed by atoms with van der Waals surface area (Å²) < 4.78 is 6.09. The van der Waals surface area contributed by atoms with E-state index in [0.717, 1.165) is 10.2 Å². The first kappa shape index (κ1) is 14.7. The van der Waals surface area contributed by atoms with Crippen molar-refractivity contribution in [3.05, 3.63) is 40.3 Å². The number of nitrogens with one attached hydrogen (secondary N) is 1. The zero-order valence-electron chi connectivity index (χ0n) is 11.6. The van der Waals surface area contributed by atoms with E-state index in [2.05, 4.69) is 31.4 Å². The Morgan fingerprint density at radius 2 is 2.15 bits per heavy atom. The molecule has 0 aliphatic rings. The first-order chi connectivity index (χ1) is 9.34. The maximum absolute atomic E-state index is 11.9. The minimum atomic E-state index is -0.173. The minimum absolute atomic E-state index is 0.136. The number of hydrogen-bond donors (Lipinski definition) is 1. The van der Waals surface area contributed by atoms with E-state index in [0.29, 0.717) is 11.5 Å². The number of aromatic nitrogens is 2. The molecule has 0 atom stereocenters. The van der Waals surface area contributed by atoms with E-state index in [1.165, 1.54) is 0 Å². The maximum Gasteiger partial charge on any atom is 0.231 e. The molecular formula is C14H16BrN3O2. The van der Waals surface area contributed by atoms with Crippen LogP contribution in [-0.2, 0) is 16.6 Å². The Balaban J connectivity index is 1.98. The molecule has 20 heavy (non-hydrogen) atoms. The SMILES string of the molecule is CC(C)(C)c1cc(NC(=O)Cc2ccc(Br)cn2)no1. The molecule has 2 aromatic heterocycles. The van der Waals surface area contributed by atoms with Gasteiger partial charge in [-0.15, -0.1) is 0 Å². The fourth-order valence-corrected chi connectivity index (χ4v) is 1.78. The summed E-state index contributed by atoms with van der Waals surface area (Å²) in [5.74, 6) is 0.986. The minimum Gasteiger partial charge on any atom is -0.359 e. The highest BCUT2D eigenvalue weighted by Gasteiger charge is 2.20. The van der Waals surface area contributed by atoms with E-state index >= 15 is 0 Å². The molecule has 0 saturated carbocycles. The van der Waals surface area contributed by atoms with Crippen LogP contribution in [0.4, 0.5) is 5.82 Å². The lowest BCUT2D eigenvalue weighted by molar-refractivity contribution is -0.115. The summed E-state index contributed by atoms with van der Waals surface area (Å²) in [4.78, 5) is 16.0. The highest BCUT2D eigenvalue weighted by atomic mass is 79.9. The van der Waals surface area contributed by atoms with Gasteiger partial charge in [-0.2, -0.15) is 0 Å². The van der Waals surface area contributed by atoms with Gasteiger partial charge in [0.1, 0.15) is 5.76 Å². The molecule has 1 N–H and O–H groups in total. The molecule has 1 amide bonds. The summed E-state index contributed by atoms with van der Waals surface area (Å²) in [6.45, 7) is 6.06. The summed E-state index contributed by atoms with van der Waals surface area (Å²) in [6, 6.07) is 5.39. The Hall–Kier alpha value is -1.69. The fourth-order valence-electron chi connectivity index (χ4n) is 1.55. The van der Waals surface area contributed by atoms with E-state index in [1.807, 2.05) is 26.8 Å². The molecule has 6 heteroatoms. The number of carbonyl (C=O) groups excluding carboxylic acids is 1. The predicted octanol–water partition coefficient (Wildman–Crippen LogP) is 3.31. The molecular weight excluding hydrogens is 322 g/mol. The van der Waals surface area contributed by atoms with E-state index in [4.69, 9.17) is 4.52 Å². The van der Waals surface area contributed by atoms with Crippen LogP contribution in [0, 0.1) is 0 Å². The van der Waals surface area contributed by atoms with Crippen LogP contribution in [0.15, 0.2) is 33.4 Å². The van der Waals surface area contributed by atoms with Crippen molar-refractivity contribution < 1.29 is 9.32 Å². The lowest BCUT2D eigenvalue weighted by Crippen LogP contribution is -2.15. The van der Waals surface area contributed by atoms with Crippen LogP contribution in [0.5, 0.6) is 0 Å².